The maximum absolute atomic E-state index is 5.78. The average Bonchev–Trinajstić information content (AvgIpc) is 3.59. The molecule has 0 bridgehead atoms. The van der Waals surface area contributed by atoms with Crippen molar-refractivity contribution in [1.82, 2.24) is 34.2 Å². The number of aromatic nitrogens is 6. The van der Waals surface area contributed by atoms with Gasteiger partial charge in [-0.15, -0.1) is 0 Å². The number of piperazine rings is 1. The minimum atomic E-state index is 0.181. The molecule has 3 aliphatic heterocycles. The highest BCUT2D eigenvalue weighted by Gasteiger charge is 2.33. The van der Waals surface area contributed by atoms with E-state index in [9.17, 15) is 0 Å². The van der Waals surface area contributed by atoms with Gasteiger partial charge in [-0.3, -0.25) is 9.47 Å². The van der Waals surface area contributed by atoms with E-state index in [1.54, 1.807) is 4.68 Å². The van der Waals surface area contributed by atoms with Gasteiger partial charge in [0, 0.05) is 51.5 Å². The van der Waals surface area contributed by atoms with Crippen molar-refractivity contribution in [2.75, 3.05) is 69.0 Å². The molecule has 3 fully saturated rings. The van der Waals surface area contributed by atoms with Crippen LogP contribution in [-0.2, 0) is 16.5 Å². The molecule has 3 aromatic heterocycles. The summed E-state index contributed by atoms with van der Waals surface area (Å²) in [5.74, 6) is 2.29. The van der Waals surface area contributed by atoms with Gasteiger partial charge in [0.2, 0.25) is 5.95 Å². The molecule has 1 unspecified atom stereocenters. The summed E-state index contributed by atoms with van der Waals surface area (Å²) in [4.78, 5) is 22.4. The largest absolute Gasteiger partial charge is 0.378 e. The lowest BCUT2D eigenvalue weighted by Crippen LogP contribution is -2.58. The summed E-state index contributed by atoms with van der Waals surface area (Å²) < 4.78 is 15.4. The zero-order valence-corrected chi connectivity index (χ0v) is 21.9. The van der Waals surface area contributed by atoms with Crippen molar-refractivity contribution in [3.8, 4) is 17.1 Å². The predicted octanol–water partition coefficient (Wildman–Crippen LogP) is 1.96. The fourth-order valence-electron chi connectivity index (χ4n) is 5.79. The van der Waals surface area contributed by atoms with Crippen LogP contribution in [0.5, 0.6) is 0 Å². The number of rotatable bonds is 4. The number of fused-ring (bicyclic) bond motifs is 2. The molecule has 6 heterocycles. The van der Waals surface area contributed by atoms with Crippen LogP contribution in [-0.4, -0.2) is 105 Å². The summed E-state index contributed by atoms with van der Waals surface area (Å²) in [7, 11) is 2.05. The van der Waals surface area contributed by atoms with Gasteiger partial charge in [-0.05, 0) is 12.5 Å². The monoisotopic (exact) mass is 515 g/mol. The third-order valence-electron chi connectivity index (χ3n) is 7.92. The van der Waals surface area contributed by atoms with E-state index in [2.05, 4.69) is 50.5 Å². The Kier molecular flexibility index (Phi) is 5.98. The molecule has 0 amide bonds. The Morgan fingerprint density at radius 3 is 2.61 bits per heavy atom. The van der Waals surface area contributed by atoms with Gasteiger partial charge in [0.05, 0.1) is 44.7 Å². The zero-order valence-electron chi connectivity index (χ0n) is 21.9. The number of aryl methyl sites for hydroxylation is 1. The highest BCUT2D eigenvalue weighted by atomic mass is 16.5. The van der Waals surface area contributed by atoms with E-state index in [1.807, 2.05) is 30.6 Å². The van der Waals surface area contributed by atoms with Crippen molar-refractivity contribution in [3.63, 3.8) is 0 Å². The highest BCUT2D eigenvalue weighted by Crippen LogP contribution is 2.31. The number of nitrogens with zero attached hydrogens (tertiary/aromatic N) is 9. The van der Waals surface area contributed by atoms with E-state index < -0.39 is 0 Å². The molecule has 1 aromatic carbocycles. The summed E-state index contributed by atoms with van der Waals surface area (Å²) >= 11 is 0. The van der Waals surface area contributed by atoms with E-state index in [4.69, 9.17) is 24.4 Å². The number of hydrogen-bond acceptors (Lipinski definition) is 9. The summed E-state index contributed by atoms with van der Waals surface area (Å²) in [6.45, 7) is 9.66. The Balaban J connectivity index is 1.31. The predicted molar refractivity (Wildman–Crippen MR) is 145 cm³/mol. The van der Waals surface area contributed by atoms with Crippen molar-refractivity contribution in [3.05, 3.63) is 42.7 Å². The fourth-order valence-corrected chi connectivity index (χ4v) is 5.79. The van der Waals surface area contributed by atoms with Crippen LogP contribution in [0.25, 0.3) is 28.2 Å². The molecular formula is C27H33N9O2. The number of imidazole rings is 1. The third kappa shape index (κ3) is 4.11. The molecular weight excluding hydrogens is 482 g/mol. The maximum Gasteiger partial charge on any atom is 0.254 e. The summed E-state index contributed by atoms with van der Waals surface area (Å²) in [5, 5.41) is 4.64. The Labute approximate surface area is 221 Å². The van der Waals surface area contributed by atoms with Crippen LogP contribution in [0, 0.1) is 0 Å². The second kappa shape index (κ2) is 9.64. The van der Waals surface area contributed by atoms with Crippen LogP contribution >= 0.6 is 0 Å². The standard InChI is InChI=1S/C27H33N9O2/c1-19-17-37-13-11-35(19)25-23-24(30-26(31-25)36-15-21(14-28-36)20-6-4-3-5-7-20)32(2)27(29-23)34-9-8-33-10-12-38-18-22(33)16-34/h3-7,14-15,19,22H,8-13,16-18H2,1-2H3/t19-,22?/m0/s1. The Morgan fingerprint density at radius 1 is 0.895 bits per heavy atom. The molecule has 0 saturated carbocycles. The van der Waals surface area contributed by atoms with E-state index in [0.29, 0.717) is 25.2 Å². The molecule has 0 spiro atoms. The molecule has 38 heavy (non-hydrogen) atoms. The Bertz CT molecular complexity index is 1440. The van der Waals surface area contributed by atoms with E-state index in [1.165, 1.54) is 0 Å². The van der Waals surface area contributed by atoms with Crippen LogP contribution in [0.2, 0.25) is 0 Å². The maximum atomic E-state index is 5.78. The smallest absolute Gasteiger partial charge is 0.254 e. The van der Waals surface area contributed by atoms with Crippen LogP contribution in [0.3, 0.4) is 0 Å². The molecule has 3 aliphatic rings. The Morgan fingerprint density at radius 2 is 1.74 bits per heavy atom. The minimum Gasteiger partial charge on any atom is -0.378 e. The lowest BCUT2D eigenvalue weighted by Gasteiger charge is -2.43. The lowest BCUT2D eigenvalue weighted by atomic mass is 10.1. The van der Waals surface area contributed by atoms with Crippen molar-refractivity contribution in [2.24, 2.45) is 7.05 Å². The summed E-state index contributed by atoms with van der Waals surface area (Å²) in [6, 6.07) is 10.8. The van der Waals surface area contributed by atoms with Crippen molar-refractivity contribution < 1.29 is 9.47 Å². The van der Waals surface area contributed by atoms with Gasteiger partial charge in [-0.2, -0.15) is 15.1 Å². The van der Waals surface area contributed by atoms with Gasteiger partial charge in [0.15, 0.2) is 17.0 Å². The van der Waals surface area contributed by atoms with Gasteiger partial charge in [-0.25, -0.2) is 9.67 Å². The number of anilines is 2. The van der Waals surface area contributed by atoms with Crippen molar-refractivity contribution >= 4 is 22.9 Å². The van der Waals surface area contributed by atoms with E-state index in [-0.39, 0.29) is 6.04 Å². The first-order valence-electron chi connectivity index (χ1n) is 13.4. The number of benzene rings is 1. The van der Waals surface area contributed by atoms with Gasteiger partial charge in [0.25, 0.3) is 5.95 Å². The SMILES string of the molecule is C[C@H]1COCCN1c1nc(-n2cc(-c3ccccc3)cn2)nc2c1nc(N1CCN3CCOCC3C1)n2C. The van der Waals surface area contributed by atoms with Crippen LogP contribution in [0.1, 0.15) is 6.92 Å². The van der Waals surface area contributed by atoms with Crippen LogP contribution in [0.4, 0.5) is 11.8 Å². The molecule has 198 valence electrons. The van der Waals surface area contributed by atoms with Gasteiger partial charge in [-0.1, -0.05) is 30.3 Å². The second-order valence-electron chi connectivity index (χ2n) is 10.4. The molecule has 11 heteroatoms. The molecule has 4 aromatic rings. The van der Waals surface area contributed by atoms with E-state index in [0.717, 1.165) is 80.0 Å². The molecule has 0 aliphatic carbocycles. The van der Waals surface area contributed by atoms with Crippen molar-refractivity contribution in [2.45, 2.75) is 19.0 Å². The zero-order chi connectivity index (χ0) is 25.6. The average molecular weight is 516 g/mol. The number of hydrogen-bond donors (Lipinski definition) is 0. The van der Waals surface area contributed by atoms with Crippen molar-refractivity contribution in [1.29, 1.82) is 0 Å². The number of ether oxygens (including phenoxy) is 2. The topological polar surface area (TPSA) is 89.6 Å². The Hall–Kier alpha value is -3.54. The molecule has 2 atom stereocenters. The van der Waals surface area contributed by atoms with Crippen LogP contribution in [0.15, 0.2) is 42.7 Å². The molecule has 0 N–H and O–H groups in total. The quantitative estimate of drug-likeness (QED) is 0.405. The third-order valence-corrected chi connectivity index (χ3v) is 7.92. The van der Waals surface area contributed by atoms with Gasteiger partial charge < -0.3 is 19.3 Å². The lowest BCUT2D eigenvalue weighted by molar-refractivity contribution is -0.0119. The fraction of sp³-hybridized carbons (Fsp3) is 0.481. The summed E-state index contributed by atoms with van der Waals surface area (Å²) in [6.07, 6.45) is 3.85. The number of morpholine rings is 2. The minimum absolute atomic E-state index is 0.181. The molecule has 3 saturated heterocycles. The van der Waals surface area contributed by atoms with Crippen LogP contribution < -0.4 is 9.80 Å². The first-order valence-corrected chi connectivity index (χ1v) is 13.4. The van der Waals surface area contributed by atoms with Gasteiger partial charge >= 0.3 is 0 Å². The second-order valence-corrected chi connectivity index (χ2v) is 10.4. The molecule has 7 rings (SSSR count). The van der Waals surface area contributed by atoms with E-state index >= 15 is 0 Å². The highest BCUT2D eigenvalue weighted by molar-refractivity contribution is 5.87. The first kappa shape index (κ1) is 23.6. The van der Waals surface area contributed by atoms with Gasteiger partial charge in [0.1, 0.15) is 0 Å². The normalized spacial score (nSPS) is 22.7. The molecule has 0 radical (unpaired) electrons. The first-order chi connectivity index (χ1) is 18.7. The summed E-state index contributed by atoms with van der Waals surface area (Å²) in [5.41, 5.74) is 3.75. The molecule has 11 nitrogen and oxygen atoms in total.